The standard InChI is InChI=1S/C45H27N3O/c1-2-12-28(13-3-1)43-46-44(48-45(47-43)38-23-11-25-41-42(38)37-17-6-7-24-40(37)49-41)36-22-10-20-32-33(19-9-21-34(32)36)35-18-8-16-31-26-29-14-4-5-15-30(29)27-39(31)35/h1-27H. The summed E-state index contributed by atoms with van der Waals surface area (Å²) in [4.78, 5) is 15.4. The predicted octanol–water partition coefficient (Wildman–Crippen LogP) is 11.9. The first-order valence-electron chi connectivity index (χ1n) is 16.4. The number of furan rings is 1. The lowest BCUT2D eigenvalue weighted by Crippen LogP contribution is -2.01. The average Bonchev–Trinajstić information content (AvgIpc) is 3.56. The van der Waals surface area contributed by atoms with Gasteiger partial charge >= 0.3 is 0 Å². The molecule has 0 aliphatic heterocycles. The van der Waals surface area contributed by atoms with Crippen LogP contribution < -0.4 is 0 Å². The van der Waals surface area contributed by atoms with Gasteiger partial charge in [0.05, 0.1) is 0 Å². The van der Waals surface area contributed by atoms with Crippen LogP contribution in [0.25, 0.3) is 99.5 Å². The molecule has 0 N–H and O–H groups in total. The van der Waals surface area contributed by atoms with E-state index in [4.69, 9.17) is 19.4 Å². The minimum atomic E-state index is 0.607. The molecule has 4 nitrogen and oxygen atoms in total. The Bertz CT molecular complexity index is 2890. The topological polar surface area (TPSA) is 51.8 Å². The normalized spacial score (nSPS) is 11.7. The van der Waals surface area contributed by atoms with Crippen molar-refractivity contribution in [2.24, 2.45) is 0 Å². The van der Waals surface area contributed by atoms with E-state index in [0.29, 0.717) is 17.5 Å². The molecule has 0 atom stereocenters. The fourth-order valence-electron chi connectivity index (χ4n) is 7.24. The summed E-state index contributed by atoms with van der Waals surface area (Å²) in [5.41, 5.74) is 6.81. The Morgan fingerprint density at radius 1 is 0.327 bits per heavy atom. The van der Waals surface area contributed by atoms with Crippen LogP contribution in [0.5, 0.6) is 0 Å². The lowest BCUT2D eigenvalue weighted by molar-refractivity contribution is 0.669. The Labute approximate surface area is 282 Å². The molecule has 49 heavy (non-hydrogen) atoms. The molecule has 0 unspecified atom stereocenters. The van der Waals surface area contributed by atoms with E-state index in [1.165, 1.54) is 32.7 Å². The Morgan fingerprint density at radius 3 is 1.69 bits per heavy atom. The van der Waals surface area contributed by atoms with Gasteiger partial charge in [-0.25, -0.2) is 15.0 Å². The largest absolute Gasteiger partial charge is 0.456 e. The van der Waals surface area contributed by atoms with Crippen LogP contribution in [0.4, 0.5) is 0 Å². The zero-order valence-electron chi connectivity index (χ0n) is 26.3. The molecule has 0 fully saturated rings. The van der Waals surface area contributed by atoms with Crippen molar-refractivity contribution in [2.75, 3.05) is 0 Å². The molecule has 8 aromatic carbocycles. The van der Waals surface area contributed by atoms with Crippen LogP contribution in [0.2, 0.25) is 0 Å². The minimum absolute atomic E-state index is 0.607. The molecule has 0 amide bonds. The highest BCUT2D eigenvalue weighted by Crippen LogP contribution is 2.40. The summed E-state index contributed by atoms with van der Waals surface area (Å²) in [5, 5.41) is 9.19. The monoisotopic (exact) mass is 625 g/mol. The Morgan fingerprint density at radius 2 is 0.857 bits per heavy atom. The van der Waals surface area contributed by atoms with E-state index in [1.54, 1.807) is 0 Å². The molecule has 0 bridgehead atoms. The van der Waals surface area contributed by atoms with Crippen LogP contribution in [0.3, 0.4) is 0 Å². The summed E-state index contributed by atoms with van der Waals surface area (Å²) in [6.45, 7) is 0. The summed E-state index contributed by atoms with van der Waals surface area (Å²) in [7, 11) is 0. The van der Waals surface area contributed by atoms with E-state index in [9.17, 15) is 0 Å². The van der Waals surface area contributed by atoms with Gasteiger partial charge in [-0.15, -0.1) is 0 Å². The van der Waals surface area contributed by atoms with Gasteiger partial charge < -0.3 is 4.42 Å². The van der Waals surface area contributed by atoms with Gasteiger partial charge in [0.15, 0.2) is 17.5 Å². The predicted molar refractivity (Wildman–Crippen MR) is 201 cm³/mol. The third-order valence-corrected chi connectivity index (χ3v) is 9.51. The molecule has 0 spiro atoms. The van der Waals surface area contributed by atoms with Crippen LogP contribution in [0.15, 0.2) is 168 Å². The van der Waals surface area contributed by atoms with Crippen LogP contribution in [-0.4, -0.2) is 15.0 Å². The number of fused-ring (bicyclic) bond motifs is 6. The highest BCUT2D eigenvalue weighted by Gasteiger charge is 2.19. The first-order valence-corrected chi connectivity index (χ1v) is 16.4. The molecule has 0 saturated carbocycles. The van der Waals surface area contributed by atoms with E-state index in [1.807, 2.05) is 60.7 Å². The van der Waals surface area contributed by atoms with E-state index in [0.717, 1.165) is 49.4 Å². The molecule has 228 valence electrons. The summed E-state index contributed by atoms with van der Waals surface area (Å²) >= 11 is 0. The average molecular weight is 626 g/mol. The van der Waals surface area contributed by atoms with Crippen molar-refractivity contribution in [3.63, 3.8) is 0 Å². The Balaban J connectivity index is 1.22. The second kappa shape index (κ2) is 11.0. The van der Waals surface area contributed by atoms with Gasteiger partial charge in [-0.2, -0.15) is 0 Å². The van der Waals surface area contributed by atoms with Crippen molar-refractivity contribution < 1.29 is 4.42 Å². The van der Waals surface area contributed by atoms with E-state index in [2.05, 4.69) is 103 Å². The molecular formula is C45H27N3O. The molecule has 0 radical (unpaired) electrons. The Hall–Kier alpha value is -6.65. The summed E-state index contributed by atoms with van der Waals surface area (Å²) in [5.74, 6) is 1.86. The van der Waals surface area contributed by atoms with Gasteiger partial charge in [-0.1, -0.05) is 140 Å². The molecule has 0 aliphatic rings. The highest BCUT2D eigenvalue weighted by atomic mass is 16.3. The van der Waals surface area contributed by atoms with Crippen molar-refractivity contribution in [3.8, 4) is 45.3 Å². The summed E-state index contributed by atoms with van der Waals surface area (Å²) in [6, 6.07) is 57.0. The molecule has 10 aromatic rings. The highest BCUT2D eigenvalue weighted by molar-refractivity contribution is 6.13. The van der Waals surface area contributed by atoms with Crippen LogP contribution in [-0.2, 0) is 0 Å². The zero-order valence-corrected chi connectivity index (χ0v) is 26.3. The second-order valence-electron chi connectivity index (χ2n) is 12.4. The number of hydrogen-bond acceptors (Lipinski definition) is 4. The summed E-state index contributed by atoms with van der Waals surface area (Å²) in [6.07, 6.45) is 0. The number of benzene rings is 8. The minimum Gasteiger partial charge on any atom is -0.456 e. The maximum Gasteiger partial charge on any atom is 0.164 e. The number of para-hydroxylation sites is 1. The smallest absolute Gasteiger partial charge is 0.164 e. The third kappa shape index (κ3) is 4.49. The van der Waals surface area contributed by atoms with Crippen molar-refractivity contribution in [3.05, 3.63) is 164 Å². The first kappa shape index (κ1) is 27.5. The molecule has 0 saturated heterocycles. The molecule has 2 aromatic heterocycles. The quantitative estimate of drug-likeness (QED) is 0.183. The van der Waals surface area contributed by atoms with Crippen LogP contribution >= 0.6 is 0 Å². The fraction of sp³-hybridized carbons (Fsp3) is 0. The number of hydrogen-bond donors (Lipinski definition) is 0. The zero-order chi connectivity index (χ0) is 32.3. The van der Waals surface area contributed by atoms with Crippen LogP contribution in [0.1, 0.15) is 0 Å². The van der Waals surface area contributed by atoms with E-state index in [-0.39, 0.29) is 0 Å². The fourth-order valence-corrected chi connectivity index (χ4v) is 7.24. The van der Waals surface area contributed by atoms with Crippen molar-refractivity contribution in [1.82, 2.24) is 15.0 Å². The molecule has 4 heteroatoms. The Kier molecular flexibility index (Phi) is 6.15. The van der Waals surface area contributed by atoms with Crippen molar-refractivity contribution in [1.29, 1.82) is 0 Å². The van der Waals surface area contributed by atoms with E-state index < -0.39 is 0 Å². The van der Waals surface area contributed by atoms with Crippen molar-refractivity contribution in [2.45, 2.75) is 0 Å². The van der Waals surface area contributed by atoms with Gasteiger partial charge in [0.2, 0.25) is 0 Å². The molecular weight excluding hydrogens is 599 g/mol. The third-order valence-electron chi connectivity index (χ3n) is 9.51. The van der Waals surface area contributed by atoms with Gasteiger partial charge in [0.1, 0.15) is 11.2 Å². The number of nitrogens with zero attached hydrogens (tertiary/aromatic N) is 3. The lowest BCUT2D eigenvalue weighted by atomic mass is 9.91. The maximum absolute atomic E-state index is 6.24. The first-order chi connectivity index (χ1) is 24.3. The van der Waals surface area contributed by atoms with Gasteiger partial charge in [0, 0.05) is 27.5 Å². The van der Waals surface area contributed by atoms with Crippen molar-refractivity contribution >= 4 is 54.3 Å². The van der Waals surface area contributed by atoms with Gasteiger partial charge in [-0.05, 0) is 67.7 Å². The van der Waals surface area contributed by atoms with E-state index >= 15 is 0 Å². The molecule has 10 rings (SSSR count). The molecule has 2 heterocycles. The van der Waals surface area contributed by atoms with Crippen LogP contribution in [0, 0.1) is 0 Å². The second-order valence-corrected chi connectivity index (χ2v) is 12.4. The van der Waals surface area contributed by atoms with Gasteiger partial charge in [-0.3, -0.25) is 0 Å². The SMILES string of the molecule is c1ccc(-c2nc(-c3cccc4c(-c5cccc6cc7ccccc7cc56)cccc34)nc(-c3cccc4oc5ccccc5c34)n2)cc1. The maximum atomic E-state index is 6.24. The molecule has 0 aliphatic carbocycles. The number of aromatic nitrogens is 3. The lowest BCUT2D eigenvalue weighted by Gasteiger charge is -2.14. The van der Waals surface area contributed by atoms with Gasteiger partial charge in [0.25, 0.3) is 0 Å². The summed E-state index contributed by atoms with van der Waals surface area (Å²) < 4.78 is 6.24. The number of rotatable bonds is 4.